The quantitative estimate of drug-likeness (QED) is 0.789. The van der Waals surface area contributed by atoms with Crippen LogP contribution in [0.5, 0.6) is 0 Å². The Hall–Kier alpha value is -1.02. The van der Waals surface area contributed by atoms with Gasteiger partial charge in [0, 0.05) is 24.3 Å². The second-order valence-corrected chi connectivity index (χ2v) is 5.03. The van der Waals surface area contributed by atoms with E-state index in [0.29, 0.717) is 5.92 Å². The van der Waals surface area contributed by atoms with Crippen molar-refractivity contribution in [2.45, 2.75) is 46.6 Å². The lowest BCUT2D eigenvalue weighted by Gasteiger charge is -2.29. The van der Waals surface area contributed by atoms with Gasteiger partial charge in [-0.3, -0.25) is 0 Å². The Morgan fingerprint density at radius 3 is 2.33 bits per heavy atom. The van der Waals surface area contributed by atoms with Gasteiger partial charge in [0.1, 0.15) is 0 Å². The van der Waals surface area contributed by atoms with Crippen molar-refractivity contribution in [1.29, 1.82) is 0 Å². The number of benzene rings is 1. The SMILES string of the molecule is CCC(C)CN(CC)c1ccccc1C(O)CC. The summed E-state index contributed by atoms with van der Waals surface area (Å²) in [4.78, 5) is 2.38. The third kappa shape index (κ3) is 3.74. The lowest BCUT2D eigenvalue weighted by molar-refractivity contribution is 0.174. The normalized spacial score (nSPS) is 14.3. The molecule has 102 valence electrons. The summed E-state index contributed by atoms with van der Waals surface area (Å²) in [6.45, 7) is 10.7. The first-order chi connectivity index (χ1) is 8.63. The van der Waals surface area contributed by atoms with E-state index in [1.807, 2.05) is 19.1 Å². The molecule has 0 fully saturated rings. The van der Waals surface area contributed by atoms with Gasteiger partial charge in [0.05, 0.1) is 6.10 Å². The molecule has 0 amide bonds. The lowest BCUT2D eigenvalue weighted by Crippen LogP contribution is -2.29. The molecule has 0 saturated carbocycles. The molecule has 18 heavy (non-hydrogen) atoms. The number of hydrogen-bond acceptors (Lipinski definition) is 2. The van der Waals surface area contributed by atoms with E-state index in [-0.39, 0.29) is 6.10 Å². The molecule has 0 aliphatic carbocycles. The van der Waals surface area contributed by atoms with Gasteiger partial charge in [-0.05, 0) is 25.3 Å². The van der Waals surface area contributed by atoms with E-state index in [9.17, 15) is 5.11 Å². The molecule has 0 bridgehead atoms. The van der Waals surface area contributed by atoms with Gasteiger partial charge in [-0.15, -0.1) is 0 Å². The maximum atomic E-state index is 10.1. The largest absolute Gasteiger partial charge is 0.388 e. The first-order valence-corrected chi connectivity index (χ1v) is 7.15. The summed E-state index contributed by atoms with van der Waals surface area (Å²) in [6, 6.07) is 8.23. The molecule has 1 rings (SSSR count). The summed E-state index contributed by atoms with van der Waals surface area (Å²) in [6.07, 6.45) is 1.60. The minimum absolute atomic E-state index is 0.354. The third-order valence-corrected chi connectivity index (χ3v) is 3.63. The Kier molecular flexibility index (Phi) is 6.20. The first-order valence-electron chi connectivity index (χ1n) is 7.15. The molecule has 2 unspecified atom stereocenters. The zero-order valence-electron chi connectivity index (χ0n) is 12.2. The molecule has 1 aromatic carbocycles. The summed E-state index contributed by atoms with van der Waals surface area (Å²) in [5, 5.41) is 10.1. The van der Waals surface area contributed by atoms with Gasteiger partial charge in [0.25, 0.3) is 0 Å². The molecule has 0 aliphatic rings. The molecular formula is C16H27NO. The van der Waals surface area contributed by atoms with Crippen molar-refractivity contribution in [2.75, 3.05) is 18.0 Å². The topological polar surface area (TPSA) is 23.5 Å². The molecule has 2 heteroatoms. The van der Waals surface area contributed by atoms with Crippen LogP contribution in [0.25, 0.3) is 0 Å². The average Bonchev–Trinajstić information content (AvgIpc) is 2.43. The average molecular weight is 249 g/mol. The van der Waals surface area contributed by atoms with Gasteiger partial charge >= 0.3 is 0 Å². The fraction of sp³-hybridized carbons (Fsp3) is 0.625. The predicted octanol–water partition coefficient (Wildman–Crippen LogP) is 4.00. The van der Waals surface area contributed by atoms with Crippen molar-refractivity contribution in [2.24, 2.45) is 5.92 Å². The fourth-order valence-electron chi connectivity index (χ4n) is 2.18. The number of anilines is 1. The standard InChI is InChI=1S/C16H27NO/c1-5-13(4)12-17(7-3)15-11-9-8-10-14(15)16(18)6-2/h8-11,13,16,18H,5-7,12H2,1-4H3. The highest BCUT2D eigenvalue weighted by Crippen LogP contribution is 2.28. The van der Waals surface area contributed by atoms with Gasteiger partial charge in [-0.25, -0.2) is 0 Å². The highest BCUT2D eigenvalue weighted by Gasteiger charge is 2.15. The van der Waals surface area contributed by atoms with Gasteiger partial charge < -0.3 is 10.0 Å². The lowest BCUT2D eigenvalue weighted by atomic mass is 10.0. The molecule has 0 radical (unpaired) electrons. The highest BCUT2D eigenvalue weighted by molar-refractivity contribution is 5.54. The van der Waals surface area contributed by atoms with E-state index in [1.54, 1.807) is 0 Å². The van der Waals surface area contributed by atoms with Crippen LogP contribution in [0.15, 0.2) is 24.3 Å². The van der Waals surface area contributed by atoms with E-state index >= 15 is 0 Å². The maximum Gasteiger partial charge on any atom is 0.0807 e. The van der Waals surface area contributed by atoms with Crippen LogP contribution in [0.2, 0.25) is 0 Å². The van der Waals surface area contributed by atoms with Gasteiger partial charge in [-0.1, -0.05) is 45.4 Å². The Morgan fingerprint density at radius 1 is 1.11 bits per heavy atom. The van der Waals surface area contributed by atoms with Crippen LogP contribution in [-0.4, -0.2) is 18.2 Å². The van der Waals surface area contributed by atoms with Crippen LogP contribution in [-0.2, 0) is 0 Å². The third-order valence-electron chi connectivity index (χ3n) is 3.63. The van der Waals surface area contributed by atoms with Crippen molar-refractivity contribution in [1.82, 2.24) is 0 Å². The predicted molar refractivity (Wildman–Crippen MR) is 79.0 cm³/mol. The van der Waals surface area contributed by atoms with Crippen molar-refractivity contribution < 1.29 is 5.11 Å². The molecule has 0 heterocycles. The van der Waals surface area contributed by atoms with E-state index in [4.69, 9.17) is 0 Å². The zero-order chi connectivity index (χ0) is 13.5. The number of rotatable bonds is 7. The summed E-state index contributed by atoms with van der Waals surface area (Å²) in [5.74, 6) is 0.678. The first kappa shape index (κ1) is 15.0. The van der Waals surface area contributed by atoms with E-state index in [2.05, 4.69) is 37.8 Å². The molecule has 1 N–H and O–H groups in total. The minimum atomic E-state index is -0.354. The van der Waals surface area contributed by atoms with Crippen molar-refractivity contribution in [3.63, 3.8) is 0 Å². The second kappa shape index (κ2) is 7.42. The fourth-order valence-corrected chi connectivity index (χ4v) is 2.18. The number of aliphatic hydroxyl groups is 1. The van der Waals surface area contributed by atoms with Crippen LogP contribution in [0.3, 0.4) is 0 Å². The highest BCUT2D eigenvalue weighted by atomic mass is 16.3. The van der Waals surface area contributed by atoms with Crippen molar-refractivity contribution >= 4 is 5.69 Å². The summed E-state index contributed by atoms with van der Waals surface area (Å²) in [5.41, 5.74) is 2.25. The van der Waals surface area contributed by atoms with Crippen LogP contribution in [0.1, 0.15) is 52.2 Å². The van der Waals surface area contributed by atoms with Crippen molar-refractivity contribution in [3.05, 3.63) is 29.8 Å². The Morgan fingerprint density at radius 2 is 1.78 bits per heavy atom. The summed E-state index contributed by atoms with van der Waals surface area (Å²) < 4.78 is 0. The van der Waals surface area contributed by atoms with E-state index < -0.39 is 0 Å². The molecule has 1 aromatic rings. The molecule has 0 saturated heterocycles. The summed E-state index contributed by atoms with van der Waals surface area (Å²) in [7, 11) is 0. The van der Waals surface area contributed by atoms with Crippen LogP contribution in [0, 0.1) is 5.92 Å². The molecule has 0 spiro atoms. The molecule has 0 aliphatic heterocycles. The van der Waals surface area contributed by atoms with Crippen LogP contribution < -0.4 is 4.90 Å². The van der Waals surface area contributed by atoms with Gasteiger partial charge in [0.2, 0.25) is 0 Å². The Balaban J connectivity index is 2.97. The number of nitrogens with zero attached hydrogens (tertiary/aromatic N) is 1. The van der Waals surface area contributed by atoms with Crippen molar-refractivity contribution in [3.8, 4) is 0 Å². The number of hydrogen-bond donors (Lipinski definition) is 1. The Bertz CT molecular complexity index is 351. The number of para-hydroxylation sites is 1. The second-order valence-electron chi connectivity index (χ2n) is 5.03. The smallest absolute Gasteiger partial charge is 0.0807 e. The maximum absolute atomic E-state index is 10.1. The van der Waals surface area contributed by atoms with E-state index in [0.717, 1.165) is 25.1 Å². The van der Waals surface area contributed by atoms with E-state index in [1.165, 1.54) is 12.1 Å². The molecular weight excluding hydrogens is 222 g/mol. The molecule has 0 aromatic heterocycles. The molecule has 2 atom stereocenters. The molecule has 2 nitrogen and oxygen atoms in total. The zero-order valence-corrected chi connectivity index (χ0v) is 12.2. The Labute approximate surface area is 112 Å². The van der Waals surface area contributed by atoms with Crippen LogP contribution in [0.4, 0.5) is 5.69 Å². The minimum Gasteiger partial charge on any atom is -0.388 e. The monoisotopic (exact) mass is 249 g/mol. The van der Waals surface area contributed by atoms with Crippen LogP contribution >= 0.6 is 0 Å². The number of aliphatic hydroxyl groups excluding tert-OH is 1. The summed E-state index contributed by atoms with van der Waals surface area (Å²) >= 11 is 0. The van der Waals surface area contributed by atoms with Gasteiger partial charge in [-0.2, -0.15) is 0 Å². The van der Waals surface area contributed by atoms with Gasteiger partial charge in [0.15, 0.2) is 0 Å².